The van der Waals surface area contributed by atoms with Crippen LogP contribution in [-0.4, -0.2) is 4.98 Å². The molecule has 1 heterocycles. The molecule has 0 atom stereocenters. The average Bonchev–Trinajstić information content (AvgIpc) is 2.27. The molecule has 94 valence electrons. The Morgan fingerprint density at radius 1 is 1.33 bits per heavy atom. The molecule has 18 heavy (non-hydrogen) atoms. The Morgan fingerprint density at radius 2 is 2.11 bits per heavy atom. The zero-order valence-corrected chi connectivity index (χ0v) is 11.9. The van der Waals surface area contributed by atoms with Gasteiger partial charge in [0.15, 0.2) is 0 Å². The summed E-state index contributed by atoms with van der Waals surface area (Å²) in [5.74, 6) is 0.936. The first-order valence-electron chi connectivity index (χ1n) is 5.24. The van der Waals surface area contributed by atoms with E-state index in [2.05, 4.69) is 20.9 Å². The molecule has 0 aliphatic carbocycles. The maximum absolute atomic E-state index is 13.2. The number of benzene rings is 1. The van der Waals surface area contributed by atoms with Crippen molar-refractivity contribution >= 4 is 27.5 Å². The van der Waals surface area contributed by atoms with E-state index >= 15 is 0 Å². The molecule has 0 saturated heterocycles. The normalized spacial score (nSPS) is 10.4. The van der Waals surface area contributed by atoms with E-state index in [9.17, 15) is 4.39 Å². The van der Waals surface area contributed by atoms with Crippen molar-refractivity contribution in [1.29, 1.82) is 0 Å². The zero-order chi connectivity index (χ0) is 13.1. The van der Waals surface area contributed by atoms with Gasteiger partial charge in [0.25, 0.3) is 0 Å². The Labute approximate surface area is 118 Å². The SMILES string of the molecule is Cc1cc(Oc2cc(F)cc(Br)c2)c(CCl)cn1. The number of nitrogens with zero attached hydrogens (tertiary/aromatic N) is 1. The van der Waals surface area contributed by atoms with Crippen molar-refractivity contribution in [2.24, 2.45) is 0 Å². The number of hydrogen-bond acceptors (Lipinski definition) is 2. The van der Waals surface area contributed by atoms with Crippen LogP contribution in [0.1, 0.15) is 11.3 Å². The molecule has 2 rings (SSSR count). The minimum atomic E-state index is -0.363. The number of aromatic nitrogens is 1. The number of alkyl halides is 1. The smallest absolute Gasteiger partial charge is 0.135 e. The van der Waals surface area contributed by atoms with Crippen molar-refractivity contribution < 1.29 is 9.13 Å². The Bertz CT molecular complexity index is 557. The highest BCUT2D eigenvalue weighted by molar-refractivity contribution is 9.10. The molecule has 2 aromatic rings. The van der Waals surface area contributed by atoms with Crippen LogP contribution >= 0.6 is 27.5 Å². The molecule has 5 heteroatoms. The summed E-state index contributed by atoms with van der Waals surface area (Å²) >= 11 is 9.03. The van der Waals surface area contributed by atoms with Gasteiger partial charge in [0.05, 0.1) is 5.88 Å². The fraction of sp³-hybridized carbons (Fsp3) is 0.154. The first-order valence-corrected chi connectivity index (χ1v) is 6.56. The maximum atomic E-state index is 13.2. The number of aryl methyl sites for hydroxylation is 1. The van der Waals surface area contributed by atoms with Gasteiger partial charge in [0.1, 0.15) is 17.3 Å². The van der Waals surface area contributed by atoms with Crippen LogP contribution in [0.15, 0.2) is 34.9 Å². The third-order valence-electron chi connectivity index (χ3n) is 2.29. The monoisotopic (exact) mass is 329 g/mol. The Hall–Kier alpha value is -1.13. The van der Waals surface area contributed by atoms with E-state index in [0.29, 0.717) is 21.9 Å². The molecule has 0 aliphatic rings. The molecule has 0 fully saturated rings. The van der Waals surface area contributed by atoms with Crippen LogP contribution in [0, 0.1) is 12.7 Å². The maximum Gasteiger partial charge on any atom is 0.135 e. The second-order valence-electron chi connectivity index (χ2n) is 3.77. The number of pyridine rings is 1. The van der Waals surface area contributed by atoms with Gasteiger partial charge in [0, 0.05) is 34.1 Å². The summed E-state index contributed by atoms with van der Waals surface area (Å²) in [5, 5.41) is 0. The molecule has 1 aromatic heterocycles. The highest BCUT2D eigenvalue weighted by atomic mass is 79.9. The van der Waals surface area contributed by atoms with Gasteiger partial charge in [-0.1, -0.05) is 15.9 Å². The fourth-order valence-electron chi connectivity index (χ4n) is 1.47. The lowest BCUT2D eigenvalue weighted by Crippen LogP contribution is -1.93. The minimum Gasteiger partial charge on any atom is -0.457 e. The van der Waals surface area contributed by atoms with Gasteiger partial charge in [-0.25, -0.2) is 4.39 Å². The summed E-state index contributed by atoms with van der Waals surface area (Å²) in [6.45, 7) is 1.85. The van der Waals surface area contributed by atoms with Crippen molar-refractivity contribution in [2.45, 2.75) is 12.8 Å². The first kappa shape index (κ1) is 13.3. The van der Waals surface area contributed by atoms with Crippen LogP contribution in [-0.2, 0) is 5.88 Å². The third-order valence-corrected chi connectivity index (χ3v) is 3.03. The molecule has 0 N–H and O–H groups in total. The average molecular weight is 331 g/mol. The highest BCUT2D eigenvalue weighted by Crippen LogP contribution is 2.29. The van der Waals surface area contributed by atoms with Crippen molar-refractivity contribution in [1.82, 2.24) is 4.98 Å². The summed E-state index contributed by atoms with van der Waals surface area (Å²) < 4.78 is 19.5. The van der Waals surface area contributed by atoms with Gasteiger partial charge in [-0.2, -0.15) is 0 Å². The van der Waals surface area contributed by atoms with E-state index in [1.54, 1.807) is 18.3 Å². The second-order valence-corrected chi connectivity index (χ2v) is 4.96. The highest BCUT2D eigenvalue weighted by Gasteiger charge is 2.07. The number of rotatable bonds is 3. The van der Waals surface area contributed by atoms with Gasteiger partial charge in [0.2, 0.25) is 0 Å². The molecule has 2 nitrogen and oxygen atoms in total. The van der Waals surface area contributed by atoms with E-state index in [1.807, 2.05) is 6.92 Å². The van der Waals surface area contributed by atoms with Crippen LogP contribution in [0.5, 0.6) is 11.5 Å². The van der Waals surface area contributed by atoms with Crippen molar-refractivity contribution in [3.8, 4) is 11.5 Å². The Balaban J connectivity index is 2.35. The van der Waals surface area contributed by atoms with Crippen LogP contribution < -0.4 is 4.74 Å². The summed E-state index contributed by atoms with van der Waals surface area (Å²) in [7, 11) is 0. The lowest BCUT2D eigenvalue weighted by molar-refractivity contribution is 0.471. The zero-order valence-electron chi connectivity index (χ0n) is 9.58. The van der Waals surface area contributed by atoms with Gasteiger partial charge < -0.3 is 4.74 Å². The number of halogens is 3. The molecule has 0 aliphatic heterocycles. The standard InChI is InChI=1S/C13H10BrClFNO/c1-8-2-13(9(6-15)7-17-8)18-12-4-10(14)3-11(16)5-12/h2-5,7H,6H2,1H3. The lowest BCUT2D eigenvalue weighted by Gasteiger charge is -2.10. The molecule has 0 radical (unpaired) electrons. The largest absolute Gasteiger partial charge is 0.457 e. The predicted octanol–water partition coefficient (Wildman–Crippen LogP) is 4.82. The van der Waals surface area contributed by atoms with Gasteiger partial charge in [-0.05, 0) is 19.1 Å². The lowest BCUT2D eigenvalue weighted by atomic mass is 10.2. The van der Waals surface area contributed by atoms with Crippen molar-refractivity contribution in [3.63, 3.8) is 0 Å². The van der Waals surface area contributed by atoms with Crippen LogP contribution in [0.25, 0.3) is 0 Å². The Morgan fingerprint density at radius 3 is 2.78 bits per heavy atom. The number of ether oxygens (including phenoxy) is 1. The van der Waals surface area contributed by atoms with E-state index in [4.69, 9.17) is 16.3 Å². The minimum absolute atomic E-state index is 0.291. The van der Waals surface area contributed by atoms with Crippen molar-refractivity contribution in [3.05, 3.63) is 52.0 Å². The van der Waals surface area contributed by atoms with Gasteiger partial charge in [-0.3, -0.25) is 4.98 Å². The predicted molar refractivity (Wildman–Crippen MR) is 72.7 cm³/mol. The van der Waals surface area contributed by atoms with Gasteiger partial charge in [-0.15, -0.1) is 11.6 Å². The molecule has 0 saturated carbocycles. The van der Waals surface area contributed by atoms with Gasteiger partial charge >= 0.3 is 0 Å². The summed E-state index contributed by atoms with van der Waals surface area (Å²) in [6.07, 6.45) is 1.66. The van der Waals surface area contributed by atoms with E-state index < -0.39 is 0 Å². The van der Waals surface area contributed by atoms with E-state index in [1.165, 1.54) is 12.1 Å². The summed E-state index contributed by atoms with van der Waals surface area (Å²) in [4.78, 5) is 4.14. The quantitative estimate of drug-likeness (QED) is 0.753. The summed E-state index contributed by atoms with van der Waals surface area (Å²) in [5.41, 5.74) is 1.58. The summed E-state index contributed by atoms with van der Waals surface area (Å²) in [6, 6.07) is 6.15. The molecular formula is C13H10BrClFNO. The van der Waals surface area contributed by atoms with Crippen molar-refractivity contribution in [2.75, 3.05) is 0 Å². The molecular weight excluding hydrogens is 321 g/mol. The van der Waals surface area contributed by atoms with E-state index in [0.717, 1.165) is 11.3 Å². The first-order chi connectivity index (χ1) is 8.58. The third kappa shape index (κ3) is 3.21. The Kier molecular flexibility index (Phi) is 4.19. The van der Waals surface area contributed by atoms with E-state index in [-0.39, 0.29) is 5.82 Å². The van der Waals surface area contributed by atoms with Crippen LogP contribution in [0.3, 0.4) is 0 Å². The molecule has 0 spiro atoms. The number of hydrogen-bond donors (Lipinski definition) is 0. The van der Waals surface area contributed by atoms with Crippen LogP contribution in [0.4, 0.5) is 4.39 Å². The van der Waals surface area contributed by atoms with Crippen LogP contribution in [0.2, 0.25) is 0 Å². The fourth-order valence-corrected chi connectivity index (χ4v) is 2.12. The topological polar surface area (TPSA) is 22.1 Å². The molecule has 0 bridgehead atoms. The molecule has 0 unspecified atom stereocenters. The molecule has 0 amide bonds. The second kappa shape index (κ2) is 5.67. The molecule has 1 aromatic carbocycles.